The number of halogens is 1. The van der Waals surface area contributed by atoms with Gasteiger partial charge in [-0.25, -0.2) is 0 Å². The van der Waals surface area contributed by atoms with E-state index in [2.05, 4.69) is 38.0 Å². The Hall–Kier alpha value is -0.730. The Labute approximate surface area is 265 Å². The van der Waals surface area contributed by atoms with Crippen molar-refractivity contribution in [2.45, 2.75) is 103 Å². The molecule has 7 heteroatoms. The lowest BCUT2D eigenvalue weighted by molar-refractivity contribution is -0.938. The van der Waals surface area contributed by atoms with Crippen molar-refractivity contribution in [2.24, 2.45) is 34.5 Å². The van der Waals surface area contributed by atoms with Crippen molar-refractivity contribution in [1.29, 1.82) is 0 Å². The third kappa shape index (κ3) is 5.50. The van der Waals surface area contributed by atoms with Gasteiger partial charge >= 0.3 is 5.97 Å². The molecule has 0 aromatic heterocycles. The molecular weight excluding hydrogens is 592 g/mol. The van der Waals surface area contributed by atoms with Gasteiger partial charge in [-0.2, -0.15) is 0 Å². The summed E-state index contributed by atoms with van der Waals surface area (Å²) < 4.78 is 19.8. The Kier molecular flexibility index (Phi) is 10.1. The number of morpholine rings is 1. The third-order valence-corrected chi connectivity index (χ3v) is 13.5. The van der Waals surface area contributed by atoms with Crippen molar-refractivity contribution >= 4 is 5.97 Å². The van der Waals surface area contributed by atoms with E-state index in [0.717, 1.165) is 57.5 Å². The van der Waals surface area contributed by atoms with Gasteiger partial charge in [-0.15, -0.1) is 6.58 Å². The van der Waals surface area contributed by atoms with Gasteiger partial charge in [-0.1, -0.05) is 26.5 Å². The van der Waals surface area contributed by atoms with Crippen LogP contribution in [0.4, 0.5) is 0 Å². The molecule has 0 aromatic carbocycles. The highest BCUT2D eigenvalue weighted by Gasteiger charge is 2.67. The molecule has 6 rings (SSSR count). The number of likely N-dealkylation sites (tertiary alicyclic amines) is 1. The first-order chi connectivity index (χ1) is 19.8. The zero-order chi connectivity index (χ0) is 28.8. The molecule has 0 bridgehead atoms. The maximum absolute atomic E-state index is 12.2. The molecule has 2 saturated heterocycles. The van der Waals surface area contributed by atoms with Crippen LogP contribution in [-0.4, -0.2) is 92.2 Å². The van der Waals surface area contributed by atoms with Crippen LogP contribution in [0.2, 0.25) is 0 Å². The maximum Gasteiger partial charge on any atom is 0.302 e. The summed E-state index contributed by atoms with van der Waals surface area (Å²) in [5.74, 6) is 2.73. The minimum absolute atomic E-state index is 0. The minimum Gasteiger partial charge on any atom is -1.00 e. The standard InChI is InChI=1S/C35H57N2O4.BrH/c1-6-16-37(17-8-9-18-37)31-23-29-27-11-10-26-22-32(41-25(3)38)30(36-14-20-39-21-15-36)24-35(26,5)28(27)12-13-34(29,4)33(31)40-19-7-2;/h6-7,26-33H,1-2,8-24H2,3-5H3;1H/q+1;/p-1/t26-,27+,28-,29-,30-,31-,32-,33-,34-,35-;/m0./s1. The molecule has 6 aliphatic rings. The monoisotopic (exact) mass is 648 g/mol. The fraction of sp³-hybridized carbons (Fsp3) is 0.857. The summed E-state index contributed by atoms with van der Waals surface area (Å²) in [6.07, 6.45) is 15.8. The van der Waals surface area contributed by atoms with Crippen LogP contribution in [0, 0.1) is 34.5 Å². The Morgan fingerprint density at radius 2 is 1.76 bits per heavy atom. The summed E-state index contributed by atoms with van der Waals surface area (Å²) in [4.78, 5) is 14.8. The quantitative estimate of drug-likeness (QED) is 0.230. The Morgan fingerprint density at radius 1 is 1.02 bits per heavy atom. The molecule has 2 heterocycles. The van der Waals surface area contributed by atoms with Gasteiger partial charge in [0.15, 0.2) is 0 Å². The van der Waals surface area contributed by atoms with E-state index in [0.29, 0.717) is 42.0 Å². The highest BCUT2D eigenvalue weighted by Crippen LogP contribution is 2.67. The first-order valence-electron chi connectivity index (χ1n) is 16.9. The maximum atomic E-state index is 12.2. The van der Waals surface area contributed by atoms with E-state index in [1.807, 2.05) is 6.08 Å². The van der Waals surface area contributed by atoms with Gasteiger partial charge in [0.25, 0.3) is 0 Å². The van der Waals surface area contributed by atoms with E-state index in [-0.39, 0.29) is 34.5 Å². The molecule has 238 valence electrons. The van der Waals surface area contributed by atoms with Crippen molar-refractivity contribution in [1.82, 2.24) is 4.90 Å². The van der Waals surface area contributed by atoms with Crippen LogP contribution in [0.1, 0.15) is 78.6 Å². The lowest BCUT2D eigenvalue weighted by Crippen LogP contribution is -3.00. The predicted molar refractivity (Wildman–Crippen MR) is 162 cm³/mol. The number of carbonyl (C=O) groups is 1. The summed E-state index contributed by atoms with van der Waals surface area (Å²) in [5, 5.41) is 0. The topological polar surface area (TPSA) is 48.0 Å². The molecule has 6 fully saturated rings. The van der Waals surface area contributed by atoms with E-state index in [1.165, 1.54) is 62.5 Å². The number of rotatable bonds is 8. The number of hydrogen-bond acceptors (Lipinski definition) is 5. The molecule has 0 spiro atoms. The average molecular weight is 650 g/mol. The van der Waals surface area contributed by atoms with Crippen LogP contribution in [0.15, 0.2) is 25.3 Å². The Balaban J connectivity index is 0.00000353. The molecule has 42 heavy (non-hydrogen) atoms. The first kappa shape index (κ1) is 32.7. The van der Waals surface area contributed by atoms with Gasteiger partial charge in [0.1, 0.15) is 18.2 Å². The van der Waals surface area contributed by atoms with E-state index < -0.39 is 0 Å². The zero-order valence-electron chi connectivity index (χ0n) is 26.6. The van der Waals surface area contributed by atoms with Crippen LogP contribution >= 0.6 is 0 Å². The van der Waals surface area contributed by atoms with Crippen LogP contribution in [0.5, 0.6) is 0 Å². The number of carbonyl (C=O) groups excluding carboxylic acids is 1. The number of quaternary nitrogens is 1. The molecule has 4 aliphatic carbocycles. The molecule has 4 saturated carbocycles. The fourth-order valence-corrected chi connectivity index (χ4v) is 11.7. The summed E-state index contributed by atoms with van der Waals surface area (Å²) in [6.45, 7) is 22.8. The summed E-state index contributed by atoms with van der Waals surface area (Å²) in [7, 11) is 0. The van der Waals surface area contributed by atoms with Gasteiger partial charge in [-0.05, 0) is 73.7 Å². The van der Waals surface area contributed by atoms with Gasteiger partial charge in [0.2, 0.25) is 0 Å². The lowest BCUT2D eigenvalue weighted by Gasteiger charge is -2.62. The number of ether oxygens (including phenoxy) is 3. The van der Waals surface area contributed by atoms with Crippen molar-refractivity contribution in [3.63, 3.8) is 0 Å². The van der Waals surface area contributed by atoms with Crippen LogP contribution in [0.25, 0.3) is 0 Å². The van der Waals surface area contributed by atoms with Crippen molar-refractivity contribution < 1.29 is 40.5 Å². The van der Waals surface area contributed by atoms with Crippen LogP contribution in [0.3, 0.4) is 0 Å². The zero-order valence-corrected chi connectivity index (χ0v) is 28.2. The van der Waals surface area contributed by atoms with Gasteiger partial charge < -0.3 is 35.7 Å². The first-order valence-corrected chi connectivity index (χ1v) is 16.9. The van der Waals surface area contributed by atoms with Gasteiger partial charge in [0.05, 0.1) is 39.5 Å². The molecule has 6 nitrogen and oxygen atoms in total. The second-order valence-electron chi connectivity index (χ2n) is 15.2. The molecular formula is C35H57BrN2O4. The van der Waals surface area contributed by atoms with Crippen LogP contribution in [-0.2, 0) is 19.0 Å². The summed E-state index contributed by atoms with van der Waals surface area (Å²) >= 11 is 0. The van der Waals surface area contributed by atoms with E-state index in [4.69, 9.17) is 14.2 Å². The highest BCUT2D eigenvalue weighted by molar-refractivity contribution is 5.66. The molecule has 0 amide bonds. The molecule has 0 unspecified atom stereocenters. The smallest absolute Gasteiger partial charge is 0.302 e. The average Bonchev–Trinajstić information content (AvgIpc) is 3.55. The van der Waals surface area contributed by atoms with Crippen molar-refractivity contribution in [2.75, 3.05) is 52.5 Å². The van der Waals surface area contributed by atoms with Crippen molar-refractivity contribution in [3.05, 3.63) is 25.3 Å². The number of esters is 1. The normalized spacial score (nSPS) is 44.6. The molecule has 10 atom stereocenters. The largest absolute Gasteiger partial charge is 1.00 e. The second-order valence-corrected chi connectivity index (χ2v) is 15.2. The second kappa shape index (κ2) is 12.9. The lowest BCUT2D eigenvalue weighted by atomic mass is 9.44. The SMILES string of the molecule is C=CCO[C@H]1[C@@H]([N+]2(CC=C)CCCC2)C[C@H]2[C@@H]3CC[C@H]4C[C@H](OC(C)=O)[C@@H](N5CCOCC5)C[C@]4(C)[C@H]3CC[C@@]21C.[Br-]. The molecule has 0 radical (unpaired) electrons. The molecule has 2 aliphatic heterocycles. The Morgan fingerprint density at radius 3 is 2.43 bits per heavy atom. The fourth-order valence-electron chi connectivity index (χ4n) is 11.7. The number of hydrogen-bond donors (Lipinski definition) is 0. The summed E-state index contributed by atoms with van der Waals surface area (Å²) in [6, 6.07) is 0.873. The molecule has 0 aromatic rings. The van der Waals surface area contributed by atoms with Crippen LogP contribution < -0.4 is 17.0 Å². The Bertz CT molecular complexity index is 980. The summed E-state index contributed by atoms with van der Waals surface area (Å²) in [5.41, 5.74) is 0.520. The van der Waals surface area contributed by atoms with Crippen molar-refractivity contribution in [3.8, 4) is 0 Å². The number of nitrogens with zero attached hydrogens (tertiary/aromatic N) is 2. The highest BCUT2D eigenvalue weighted by atomic mass is 79.9. The third-order valence-electron chi connectivity index (χ3n) is 13.5. The number of fused-ring (bicyclic) bond motifs is 5. The molecule has 0 N–H and O–H groups in total. The van der Waals surface area contributed by atoms with E-state index >= 15 is 0 Å². The van der Waals surface area contributed by atoms with E-state index in [1.54, 1.807) is 6.92 Å². The minimum atomic E-state index is -0.125. The van der Waals surface area contributed by atoms with Gasteiger partial charge in [0, 0.05) is 50.7 Å². The predicted octanol–water partition coefficient (Wildman–Crippen LogP) is 2.62. The van der Waals surface area contributed by atoms with Gasteiger partial charge in [-0.3, -0.25) is 9.69 Å². The van der Waals surface area contributed by atoms with E-state index in [9.17, 15) is 4.79 Å².